The molecule has 2 aromatic carbocycles. The Morgan fingerprint density at radius 1 is 1.18 bits per heavy atom. The van der Waals surface area contributed by atoms with E-state index in [0.717, 1.165) is 21.6 Å². The van der Waals surface area contributed by atoms with Crippen LogP contribution in [0.4, 0.5) is 0 Å². The third-order valence-corrected chi connectivity index (χ3v) is 8.80. The van der Waals surface area contributed by atoms with Crippen LogP contribution < -0.4 is 4.74 Å². The lowest BCUT2D eigenvalue weighted by atomic mass is 9.94. The van der Waals surface area contributed by atoms with Gasteiger partial charge in [-0.15, -0.1) is 11.3 Å². The van der Waals surface area contributed by atoms with Gasteiger partial charge in [-0.3, -0.25) is 4.79 Å². The molecule has 0 radical (unpaired) electrons. The van der Waals surface area contributed by atoms with Crippen LogP contribution in [0, 0.1) is 11.8 Å². The Morgan fingerprint density at radius 2 is 1.88 bits per heavy atom. The maximum atomic E-state index is 13.5. The molecule has 1 aliphatic heterocycles. The molecule has 0 spiro atoms. The van der Waals surface area contributed by atoms with Crippen molar-refractivity contribution in [2.45, 2.75) is 31.7 Å². The van der Waals surface area contributed by atoms with Gasteiger partial charge < -0.3 is 9.64 Å². The van der Waals surface area contributed by atoms with Crippen LogP contribution in [-0.4, -0.2) is 55.8 Å². The summed E-state index contributed by atoms with van der Waals surface area (Å²) in [5.41, 5.74) is 1.21. The number of thiazole rings is 1. The predicted molar refractivity (Wildman–Crippen MR) is 130 cm³/mol. The summed E-state index contributed by atoms with van der Waals surface area (Å²) in [7, 11) is -0.665. The molecule has 1 saturated heterocycles. The lowest BCUT2D eigenvalue weighted by Gasteiger charge is -2.34. The van der Waals surface area contributed by atoms with Gasteiger partial charge in [-0.1, -0.05) is 26.0 Å². The van der Waals surface area contributed by atoms with E-state index >= 15 is 0 Å². The summed E-state index contributed by atoms with van der Waals surface area (Å²) < 4.78 is 35.0. The number of para-hydroxylation sites is 1. The minimum atomic E-state index is -3.80. The number of amides is 1. The highest BCUT2D eigenvalue weighted by molar-refractivity contribution is 7.89. The number of rotatable bonds is 6. The summed E-state index contributed by atoms with van der Waals surface area (Å²) in [6.45, 7) is 5.39. The predicted octanol–water partition coefficient (Wildman–Crippen LogP) is 4.24. The molecule has 7 nitrogen and oxygen atoms in total. The molecule has 0 bridgehead atoms. The van der Waals surface area contributed by atoms with Crippen LogP contribution in [0.1, 0.15) is 35.6 Å². The summed E-state index contributed by atoms with van der Waals surface area (Å²) in [5.74, 6) is 0.526. The fraction of sp³-hybridized carbons (Fsp3) is 0.417. The van der Waals surface area contributed by atoms with Gasteiger partial charge in [-0.2, -0.15) is 4.31 Å². The number of sulfonamides is 1. The van der Waals surface area contributed by atoms with Crippen LogP contribution in [0.5, 0.6) is 5.75 Å². The number of hydrogen-bond acceptors (Lipinski definition) is 6. The van der Waals surface area contributed by atoms with Gasteiger partial charge in [-0.25, -0.2) is 13.4 Å². The Balaban J connectivity index is 1.60. The zero-order chi connectivity index (χ0) is 23.8. The monoisotopic (exact) mass is 487 g/mol. The maximum Gasteiger partial charge on any atom is 0.254 e. The largest absolute Gasteiger partial charge is 0.495 e. The van der Waals surface area contributed by atoms with E-state index in [-0.39, 0.29) is 28.4 Å². The zero-order valence-electron chi connectivity index (χ0n) is 19.3. The van der Waals surface area contributed by atoms with Crippen molar-refractivity contribution >= 4 is 37.5 Å². The number of hydrogen-bond donors (Lipinski definition) is 0. The Bertz CT molecular complexity index is 1230. The van der Waals surface area contributed by atoms with Gasteiger partial charge in [0.15, 0.2) is 0 Å². The Morgan fingerprint density at radius 3 is 2.55 bits per heavy atom. The van der Waals surface area contributed by atoms with Crippen LogP contribution in [0.15, 0.2) is 47.4 Å². The summed E-state index contributed by atoms with van der Waals surface area (Å²) in [5, 5.41) is 0.824. The average Bonchev–Trinajstić information content (AvgIpc) is 3.19. The fourth-order valence-electron chi connectivity index (χ4n) is 4.44. The van der Waals surface area contributed by atoms with E-state index in [4.69, 9.17) is 4.74 Å². The smallest absolute Gasteiger partial charge is 0.254 e. The molecule has 1 amide bonds. The highest BCUT2D eigenvalue weighted by atomic mass is 32.2. The quantitative estimate of drug-likeness (QED) is 0.520. The minimum absolute atomic E-state index is 0.0329. The van der Waals surface area contributed by atoms with Crippen LogP contribution in [0.3, 0.4) is 0 Å². The number of methoxy groups -OCH3 is 1. The molecule has 33 heavy (non-hydrogen) atoms. The summed E-state index contributed by atoms with van der Waals surface area (Å²) in [4.78, 5) is 19.4. The number of fused-ring (bicyclic) bond motifs is 1. The molecule has 1 fully saturated rings. The van der Waals surface area contributed by atoms with Crippen LogP contribution >= 0.6 is 11.3 Å². The van der Waals surface area contributed by atoms with Crippen molar-refractivity contribution in [1.29, 1.82) is 0 Å². The molecular weight excluding hydrogens is 458 g/mol. The average molecular weight is 488 g/mol. The summed E-state index contributed by atoms with van der Waals surface area (Å²) in [6.07, 6.45) is 0.998. The van der Waals surface area contributed by atoms with E-state index in [1.165, 1.54) is 17.5 Å². The lowest BCUT2D eigenvalue weighted by Crippen LogP contribution is -2.42. The van der Waals surface area contributed by atoms with Crippen molar-refractivity contribution in [3.8, 4) is 5.75 Å². The van der Waals surface area contributed by atoms with Gasteiger partial charge in [0.1, 0.15) is 15.7 Å². The Kier molecular flexibility index (Phi) is 6.74. The van der Waals surface area contributed by atoms with Gasteiger partial charge in [-0.05, 0) is 48.6 Å². The second-order valence-corrected chi connectivity index (χ2v) is 11.9. The number of carbonyl (C=O) groups excluding carboxylic acids is 1. The lowest BCUT2D eigenvalue weighted by molar-refractivity contribution is 0.0784. The third kappa shape index (κ3) is 4.90. The number of ether oxygens (including phenoxy) is 1. The molecule has 1 aromatic heterocycles. The van der Waals surface area contributed by atoms with Gasteiger partial charge in [0.25, 0.3) is 5.91 Å². The van der Waals surface area contributed by atoms with Crippen molar-refractivity contribution in [1.82, 2.24) is 14.2 Å². The SMILES string of the molecule is COc1ccc(C(=O)N(C)Cc2nc3ccccc3s2)cc1S(=O)(=O)N1CC(C)CC(C)C1. The van der Waals surface area contributed by atoms with E-state index in [2.05, 4.69) is 18.8 Å². The fourth-order valence-corrected chi connectivity index (χ4v) is 7.32. The first-order valence-corrected chi connectivity index (χ1v) is 13.2. The summed E-state index contributed by atoms with van der Waals surface area (Å²) in [6, 6.07) is 12.4. The van der Waals surface area contributed by atoms with E-state index < -0.39 is 10.0 Å². The Hall–Kier alpha value is -2.49. The molecule has 0 aliphatic carbocycles. The Labute approximate surface area is 199 Å². The standard InChI is InChI=1S/C24H29N3O4S2/c1-16-11-17(2)14-27(13-16)33(29,30)22-12-18(9-10-20(22)31-4)24(28)26(3)15-23-25-19-7-5-6-8-21(19)32-23/h5-10,12,16-17H,11,13-15H2,1-4H3. The van der Waals surface area contributed by atoms with E-state index in [1.807, 2.05) is 24.3 Å². The zero-order valence-corrected chi connectivity index (χ0v) is 20.9. The highest BCUT2D eigenvalue weighted by Gasteiger charge is 2.34. The second-order valence-electron chi connectivity index (χ2n) is 8.87. The number of aromatic nitrogens is 1. The molecule has 1 aliphatic rings. The topological polar surface area (TPSA) is 79.8 Å². The van der Waals surface area contributed by atoms with Crippen LogP contribution in [0.2, 0.25) is 0 Å². The molecule has 9 heteroatoms. The van der Waals surface area contributed by atoms with Gasteiger partial charge in [0, 0.05) is 25.7 Å². The molecule has 0 N–H and O–H groups in total. The van der Waals surface area contributed by atoms with Gasteiger partial charge >= 0.3 is 0 Å². The summed E-state index contributed by atoms with van der Waals surface area (Å²) >= 11 is 1.54. The van der Waals surface area contributed by atoms with Gasteiger partial charge in [0.2, 0.25) is 10.0 Å². The van der Waals surface area contributed by atoms with E-state index in [0.29, 0.717) is 25.2 Å². The number of nitrogens with zero attached hydrogens (tertiary/aromatic N) is 3. The van der Waals surface area contributed by atoms with Crippen LogP contribution in [0.25, 0.3) is 10.2 Å². The minimum Gasteiger partial charge on any atom is -0.495 e. The number of piperidine rings is 1. The van der Waals surface area contributed by atoms with Crippen molar-refractivity contribution in [3.63, 3.8) is 0 Å². The van der Waals surface area contributed by atoms with Crippen molar-refractivity contribution in [2.75, 3.05) is 27.2 Å². The van der Waals surface area contributed by atoms with E-state index in [1.54, 1.807) is 35.4 Å². The third-order valence-electron chi connectivity index (χ3n) is 5.92. The molecule has 2 heterocycles. The first kappa shape index (κ1) is 23.7. The number of benzene rings is 2. The highest BCUT2D eigenvalue weighted by Crippen LogP contribution is 2.32. The first-order chi connectivity index (χ1) is 15.7. The maximum absolute atomic E-state index is 13.5. The molecule has 3 aromatic rings. The van der Waals surface area contributed by atoms with Gasteiger partial charge in [0.05, 0.1) is 23.9 Å². The molecule has 2 atom stereocenters. The van der Waals surface area contributed by atoms with Crippen molar-refractivity contribution in [2.24, 2.45) is 11.8 Å². The van der Waals surface area contributed by atoms with Crippen molar-refractivity contribution < 1.29 is 17.9 Å². The molecule has 4 rings (SSSR count). The number of carbonyl (C=O) groups is 1. The van der Waals surface area contributed by atoms with Crippen LogP contribution in [-0.2, 0) is 16.6 Å². The second kappa shape index (κ2) is 9.40. The normalized spacial score (nSPS) is 19.5. The van der Waals surface area contributed by atoms with Crippen molar-refractivity contribution in [3.05, 3.63) is 53.0 Å². The molecule has 0 saturated carbocycles. The van der Waals surface area contributed by atoms with E-state index in [9.17, 15) is 13.2 Å². The molecule has 176 valence electrons. The first-order valence-electron chi connectivity index (χ1n) is 11.0. The molecular formula is C24H29N3O4S2. The molecule has 2 unspecified atom stereocenters.